The van der Waals surface area contributed by atoms with Crippen molar-refractivity contribution in [3.63, 3.8) is 0 Å². The summed E-state index contributed by atoms with van der Waals surface area (Å²) in [5.74, 6) is 0. The van der Waals surface area contributed by atoms with E-state index in [9.17, 15) is 4.39 Å². The summed E-state index contributed by atoms with van der Waals surface area (Å²) in [5.41, 5.74) is 8.50. The molecule has 0 amide bonds. The van der Waals surface area contributed by atoms with Gasteiger partial charge in [-0.05, 0) is 24.4 Å². The van der Waals surface area contributed by atoms with Crippen LogP contribution in [0.2, 0.25) is 0 Å². The maximum Gasteiger partial charge on any atom is 0.185 e. The average Bonchev–Trinajstić information content (AvgIpc) is 2.15. The molecule has 0 radical (unpaired) electrons. The van der Waals surface area contributed by atoms with E-state index in [-0.39, 0.29) is 5.11 Å². The normalized spacial score (nSPS) is 9.62. The van der Waals surface area contributed by atoms with E-state index in [1.165, 1.54) is 5.01 Å². The predicted octanol–water partition coefficient (Wildman–Crippen LogP) is 1.17. The summed E-state index contributed by atoms with van der Waals surface area (Å²) in [4.78, 5) is 0. The zero-order chi connectivity index (χ0) is 9.68. The number of benzene rings is 1. The number of halogens is 1. The van der Waals surface area contributed by atoms with E-state index in [0.29, 0.717) is 5.69 Å². The molecule has 0 saturated heterocycles. The van der Waals surface area contributed by atoms with Crippen LogP contribution in [0.25, 0.3) is 0 Å². The van der Waals surface area contributed by atoms with Crippen LogP contribution in [-0.2, 0) is 0 Å². The topological polar surface area (TPSA) is 41.3 Å². The molecular formula is C8H10FN3S. The summed E-state index contributed by atoms with van der Waals surface area (Å²) in [6.07, 6.45) is 0. The zero-order valence-corrected chi connectivity index (χ0v) is 7.72. The third-order valence-corrected chi connectivity index (χ3v) is 1.64. The Labute approximate surface area is 81.3 Å². The van der Waals surface area contributed by atoms with Crippen LogP contribution in [0.1, 0.15) is 0 Å². The Hall–Kier alpha value is -1.20. The van der Waals surface area contributed by atoms with Gasteiger partial charge in [-0.2, -0.15) is 5.43 Å². The van der Waals surface area contributed by atoms with Gasteiger partial charge in [-0.15, -0.1) is 0 Å². The van der Waals surface area contributed by atoms with E-state index in [4.69, 9.17) is 18.0 Å². The smallest absolute Gasteiger partial charge is 0.185 e. The van der Waals surface area contributed by atoms with Crippen LogP contribution in [0.15, 0.2) is 30.3 Å². The lowest BCUT2D eigenvalue weighted by Gasteiger charge is -2.21. The van der Waals surface area contributed by atoms with Gasteiger partial charge >= 0.3 is 0 Å². The van der Waals surface area contributed by atoms with E-state index in [1.807, 2.05) is 18.2 Å². The molecule has 0 heterocycles. The summed E-state index contributed by atoms with van der Waals surface area (Å²) in [6.45, 7) is -0.716. The van der Waals surface area contributed by atoms with Gasteiger partial charge in [-0.25, -0.2) is 4.39 Å². The van der Waals surface area contributed by atoms with Crippen molar-refractivity contribution in [3.05, 3.63) is 30.3 Å². The van der Waals surface area contributed by atoms with Gasteiger partial charge in [0.2, 0.25) is 0 Å². The van der Waals surface area contributed by atoms with Crippen LogP contribution < -0.4 is 16.2 Å². The molecule has 0 aliphatic heterocycles. The zero-order valence-electron chi connectivity index (χ0n) is 6.90. The van der Waals surface area contributed by atoms with Crippen molar-refractivity contribution in [2.75, 3.05) is 11.8 Å². The summed E-state index contributed by atoms with van der Waals surface area (Å²) in [6, 6.07) is 9.06. The lowest BCUT2D eigenvalue weighted by molar-refractivity contribution is 0.433. The highest BCUT2D eigenvalue weighted by atomic mass is 32.1. The molecule has 0 aliphatic rings. The van der Waals surface area contributed by atoms with Crippen molar-refractivity contribution >= 4 is 23.0 Å². The molecule has 0 unspecified atom stereocenters. The number of anilines is 1. The molecule has 0 spiro atoms. The quantitative estimate of drug-likeness (QED) is 0.435. The molecule has 5 heteroatoms. The van der Waals surface area contributed by atoms with E-state index in [2.05, 4.69) is 5.43 Å². The standard InChI is InChI=1S/C8H10FN3S/c9-6-11-12(8(10)13)7-4-2-1-3-5-7/h1-5,11H,6H2,(H2,10,13). The first-order valence-electron chi connectivity index (χ1n) is 3.70. The maximum absolute atomic E-state index is 12.0. The number of hydrogen-bond donors (Lipinski definition) is 2. The minimum Gasteiger partial charge on any atom is -0.375 e. The Kier molecular flexibility index (Phi) is 3.60. The fourth-order valence-corrected chi connectivity index (χ4v) is 1.10. The summed E-state index contributed by atoms with van der Waals surface area (Å²) < 4.78 is 12.0. The second-order valence-corrected chi connectivity index (χ2v) is 2.72. The number of alkyl halides is 1. The second-order valence-electron chi connectivity index (χ2n) is 2.30. The maximum atomic E-state index is 12.0. The highest BCUT2D eigenvalue weighted by molar-refractivity contribution is 7.80. The van der Waals surface area contributed by atoms with Crippen molar-refractivity contribution < 1.29 is 4.39 Å². The summed E-state index contributed by atoms with van der Waals surface area (Å²) >= 11 is 4.74. The van der Waals surface area contributed by atoms with Crippen molar-refractivity contribution in [2.24, 2.45) is 5.73 Å². The van der Waals surface area contributed by atoms with Crippen LogP contribution in [0, 0.1) is 0 Å². The first-order valence-corrected chi connectivity index (χ1v) is 4.10. The number of thiocarbonyl (C=S) groups is 1. The molecule has 0 aromatic heterocycles. The van der Waals surface area contributed by atoms with Gasteiger partial charge in [0.15, 0.2) is 11.9 Å². The van der Waals surface area contributed by atoms with Crippen molar-refractivity contribution in [1.29, 1.82) is 0 Å². The lowest BCUT2D eigenvalue weighted by Crippen LogP contribution is -2.45. The van der Waals surface area contributed by atoms with Gasteiger partial charge in [-0.3, -0.25) is 5.01 Å². The molecular weight excluding hydrogens is 189 g/mol. The number of nitrogens with two attached hydrogens (primary N) is 1. The highest BCUT2D eigenvalue weighted by Crippen LogP contribution is 2.10. The molecule has 1 aromatic rings. The van der Waals surface area contributed by atoms with Crippen LogP contribution >= 0.6 is 12.2 Å². The summed E-state index contributed by atoms with van der Waals surface area (Å²) in [5, 5.41) is 1.40. The van der Waals surface area contributed by atoms with Gasteiger partial charge in [0.05, 0.1) is 5.69 Å². The Bertz CT molecular complexity index is 278. The van der Waals surface area contributed by atoms with Crippen LogP contribution in [0.5, 0.6) is 0 Å². The lowest BCUT2D eigenvalue weighted by atomic mass is 10.3. The van der Waals surface area contributed by atoms with Crippen molar-refractivity contribution in [1.82, 2.24) is 5.43 Å². The SMILES string of the molecule is NC(=S)N(NCF)c1ccccc1. The Balaban J connectivity index is 2.82. The number of rotatable bonds is 3. The third kappa shape index (κ3) is 2.64. The van der Waals surface area contributed by atoms with Crippen molar-refractivity contribution in [2.45, 2.75) is 0 Å². The Morgan fingerprint density at radius 2 is 2.08 bits per heavy atom. The van der Waals surface area contributed by atoms with Gasteiger partial charge in [0.25, 0.3) is 0 Å². The number of nitrogens with one attached hydrogen (secondary N) is 1. The third-order valence-electron chi connectivity index (χ3n) is 1.45. The monoisotopic (exact) mass is 199 g/mol. The molecule has 0 fully saturated rings. The molecule has 0 aliphatic carbocycles. The number of hydrogen-bond acceptors (Lipinski definition) is 2. The minimum absolute atomic E-state index is 0.0869. The van der Waals surface area contributed by atoms with E-state index < -0.39 is 6.80 Å². The van der Waals surface area contributed by atoms with Gasteiger partial charge in [-0.1, -0.05) is 18.2 Å². The second kappa shape index (κ2) is 4.74. The molecule has 1 rings (SSSR count). The molecule has 3 nitrogen and oxygen atoms in total. The Morgan fingerprint density at radius 3 is 2.54 bits per heavy atom. The predicted molar refractivity (Wildman–Crippen MR) is 54.8 cm³/mol. The summed E-state index contributed by atoms with van der Waals surface area (Å²) in [7, 11) is 0. The highest BCUT2D eigenvalue weighted by Gasteiger charge is 2.06. The molecule has 0 saturated carbocycles. The average molecular weight is 199 g/mol. The number of hydrazine groups is 1. The Morgan fingerprint density at radius 1 is 1.46 bits per heavy atom. The van der Waals surface area contributed by atoms with E-state index in [0.717, 1.165) is 0 Å². The van der Waals surface area contributed by atoms with Crippen LogP contribution in [-0.4, -0.2) is 11.9 Å². The van der Waals surface area contributed by atoms with Crippen LogP contribution in [0.4, 0.5) is 10.1 Å². The largest absolute Gasteiger partial charge is 0.375 e. The molecule has 0 atom stereocenters. The molecule has 0 bridgehead atoms. The fourth-order valence-electron chi connectivity index (χ4n) is 0.933. The fraction of sp³-hybridized carbons (Fsp3) is 0.125. The molecule has 1 aromatic carbocycles. The van der Waals surface area contributed by atoms with Crippen LogP contribution in [0.3, 0.4) is 0 Å². The van der Waals surface area contributed by atoms with Gasteiger partial charge in [0.1, 0.15) is 0 Å². The van der Waals surface area contributed by atoms with E-state index >= 15 is 0 Å². The minimum atomic E-state index is -0.716. The molecule has 3 N–H and O–H groups in total. The number of para-hydroxylation sites is 1. The number of nitrogens with zero attached hydrogens (tertiary/aromatic N) is 1. The van der Waals surface area contributed by atoms with Gasteiger partial charge in [0, 0.05) is 0 Å². The molecule has 13 heavy (non-hydrogen) atoms. The van der Waals surface area contributed by atoms with Crippen molar-refractivity contribution in [3.8, 4) is 0 Å². The van der Waals surface area contributed by atoms with E-state index in [1.54, 1.807) is 12.1 Å². The van der Waals surface area contributed by atoms with Gasteiger partial charge < -0.3 is 5.73 Å². The molecule has 70 valence electrons. The first kappa shape index (κ1) is 9.88. The first-order chi connectivity index (χ1) is 6.25.